The average Bonchev–Trinajstić information content (AvgIpc) is 2.26. The molecule has 1 N–H and O–H groups in total. The molecule has 2 heteroatoms. The van der Waals surface area contributed by atoms with E-state index in [-0.39, 0.29) is 0 Å². The first-order valence-electron chi connectivity index (χ1n) is 7.18. The van der Waals surface area contributed by atoms with Crippen LogP contribution >= 0.6 is 0 Å². The van der Waals surface area contributed by atoms with Gasteiger partial charge in [-0.05, 0) is 39.7 Å². The molecule has 3 atom stereocenters. The molecule has 0 spiro atoms. The van der Waals surface area contributed by atoms with Crippen molar-refractivity contribution in [1.29, 1.82) is 0 Å². The summed E-state index contributed by atoms with van der Waals surface area (Å²) in [6, 6.07) is 2.29. The van der Waals surface area contributed by atoms with Gasteiger partial charge in [0.2, 0.25) is 0 Å². The van der Waals surface area contributed by atoms with Gasteiger partial charge in [-0.15, -0.1) is 0 Å². The Labute approximate surface area is 102 Å². The Morgan fingerprint density at radius 3 is 2.69 bits per heavy atom. The van der Waals surface area contributed by atoms with Gasteiger partial charge in [0.1, 0.15) is 0 Å². The fraction of sp³-hybridized carbons (Fsp3) is 1.00. The molecule has 0 aromatic rings. The predicted molar refractivity (Wildman–Crippen MR) is 71.9 cm³/mol. The van der Waals surface area contributed by atoms with Gasteiger partial charge in [0.15, 0.2) is 0 Å². The molecule has 1 saturated heterocycles. The minimum atomic E-state index is 0.754. The molecule has 0 aromatic carbocycles. The molecule has 2 nitrogen and oxygen atoms in total. The predicted octanol–water partition coefficient (Wildman–Crippen LogP) is 3.03. The van der Waals surface area contributed by atoms with Gasteiger partial charge in [-0.2, -0.15) is 0 Å². The summed E-state index contributed by atoms with van der Waals surface area (Å²) in [7, 11) is 0. The smallest absolute Gasteiger partial charge is 0.00939 e. The minimum Gasteiger partial charge on any atom is -0.314 e. The number of nitrogens with zero attached hydrogens (tertiary/aromatic N) is 1. The van der Waals surface area contributed by atoms with Gasteiger partial charge in [-0.3, -0.25) is 4.90 Å². The van der Waals surface area contributed by atoms with E-state index in [1.54, 1.807) is 0 Å². The Kier molecular flexibility index (Phi) is 6.37. The third-order valence-electron chi connectivity index (χ3n) is 3.96. The lowest BCUT2D eigenvalue weighted by Crippen LogP contribution is -2.50. The first kappa shape index (κ1) is 14.0. The van der Waals surface area contributed by atoms with Crippen LogP contribution in [0.15, 0.2) is 0 Å². The van der Waals surface area contributed by atoms with E-state index in [4.69, 9.17) is 0 Å². The first-order chi connectivity index (χ1) is 7.69. The van der Waals surface area contributed by atoms with Gasteiger partial charge in [-0.1, -0.05) is 26.7 Å². The van der Waals surface area contributed by atoms with Crippen molar-refractivity contribution < 1.29 is 0 Å². The van der Waals surface area contributed by atoms with Gasteiger partial charge in [0.05, 0.1) is 0 Å². The summed E-state index contributed by atoms with van der Waals surface area (Å²) >= 11 is 0. The van der Waals surface area contributed by atoms with Crippen molar-refractivity contribution in [2.45, 2.75) is 77.9 Å². The number of rotatable bonds is 6. The van der Waals surface area contributed by atoms with Crippen LogP contribution in [0.2, 0.25) is 0 Å². The third-order valence-corrected chi connectivity index (χ3v) is 3.96. The Morgan fingerprint density at radius 2 is 2.12 bits per heavy atom. The van der Waals surface area contributed by atoms with Crippen LogP contribution in [-0.4, -0.2) is 36.1 Å². The largest absolute Gasteiger partial charge is 0.314 e. The van der Waals surface area contributed by atoms with E-state index in [0.29, 0.717) is 0 Å². The van der Waals surface area contributed by atoms with E-state index in [1.807, 2.05) is 0 Å². The lowest BCUT2D eigenvalue weighted by atomic mass is 9.95. The van der Waals surface area contributed by atoms with Crippen LogP contribution in [0.4, 0.5) is 0 Å². The number of nitrogens with one attached hydrogen (secondary N) is 1. The fourth-order valence-corrected chi connectivity index (χ4v) is 2.98. The van der Waals surface area contributed by atoms with E-state index < -0.39 is 0 Å². The highest BCUT2D eigenvalue weighted by atomic mass is 15.2. The zero-order valence-corrected chi connectivity index (χ0v) is 11.6. The monoisotopic (exact) mass is 226 g/mol. The highest BCUT2D eigenvalue weighted by molar-refractivity contribution is 4.85. The van der Waals surface area contributed by atoms with E-state index in [1.165, 1.54) is 38.6 Å². The quantitative estimate of drug-likeness (QED) is 0.749. The molecule has 0 bridgehead atoms. The van der Waals surface area contributed by atoms with Crippen molar-refractivity contribution in [2.75, 3.05) is 13.1 Å². The van der Waals surface area contributed by atoms with Crippen molar-refractivity contribution in [2.24, 2.45) is 0 Å². The lowest BCUT2D eigenvalue weighted by Gasteiger charge is -2.41. The van der Waals surface area contributed by atoms with Crippen molar-refractivity contribution in [3.8, 4) is 0 Å². The molecule has 1 aliphatic rings. The molecule has 16 heavy (non-hydrogen) atoms. The molecule has 96 valence electrons. The van der Waals surface area contributed by atoms with Crippen LogP contribution in [0, 0.1) is 0 Å². The molecule has 3 unspecified atom stereocenters. The third kappa shape index (κ3) is 4.06. The standard InChI is InChI=1S/C14H30N2/c1-5-7-8-12(3)16-10-9-14(15-6-2)11-13(16)4/h12-15H,5-11H2,1-4H3. The highest BCUT2D eigenvalue weighted by Gasteiger charge is 2.27. The lowest BCUT2D eigenvalue weighted by molar-refractivity contribution is 0.0906. The van der Waals surface area contributed by atoms with E-state index in [2.05, 4.69) is 37.9 Å². The molecule has 1 heterocycles. The fourth-order valence-electron chi connectivity index (χ4n) is 2.98. The normalized spacial score (nSPS) is 29.2. The zero-order valence-electron chi connectivity index (χ0n) is 11.6. The van der Waals surface area contributed by atoms with Crippen LogP contribution < -0.4 is 5.32 Å². The van der Waals surface area contributed by atoms with Crippen LogP contribution in [0.3, 0.4) is 0 Å². The van der Waals surface area contributed by atoms with Crippen LogP contribution in [0.25, 0.3) is 0 Å². The number of hydrogen-bond acceptors (Lipinski definition) is 2. The Bertz CT molecular complexity index is 182. The maximum absolute atomic E-state index is 3.59. The maximum atomic E-state index is 3.59. The summed E-state index contributed by atoms with van der Waals surface area (Å²) in [5.41, 5.74) is 0. The molecule has 0 aliphatic carbocycles. The van der Waals surface area contributed by atoms with Crippen LogP contribution in [0.5, 0.6) is 0 Å². The molecule has 0 amide bonds. The summed E-state index contributed by atoms with van der Waals surface area (Å²) in [6.45, 7) is 11.7. The number of unbranched alkanes of at least 4 members (excludes halogenated alkanes) is 1. The molecular formula is C14H30N2. The van der Waals surface area contributed by atoms with Crippen LogP contribution in [0.1, 0.15) is 59.8 Å². The summed E-state index contributed by atoms with van der Waals surface area (Å²) in [4.78, 5) is 2.71. The second kappa shape index (κ2) is 7.29. The van der Waals surface area contributed by atoms with Gasteiger partial charge in [0.25, 0.3) is 0 Å². The Hall–Kier alpha value is -0.0800. The van der Waals surface area contributed by atoms with Crippen LogP contribution in [-0.2, 0) is 0 Å². The highest BCUT2D eigenvalue weighted by Crippen LogP contribution is 2.21. The van der Waals surface area contributed by atoms with E-state index in [9.17, 15) is 0 Å². The maximum Gasteiger partial charge on any atom is 0.00939 e. The van der Waals surface area contributed by atoms with Gasteiger partial charge in [-0.25, -0.2) is 0 Å². The number of hydrogen-bond donors (Lipinski definition) is 1. The molecule has 0 radical (unpaired) electrons. The number of likely N-dealkylation sites (tertiary alicyclic amines) is 1. The van der Waals surface area contributed by atoms with E-state index >= 15 is 0 Å². The molecule has 0 aromatic heterocycles. The Morgan fingerprint density at radius 1 is 1.38 bits per heavy atom. The molecule has 1 fully saturated rings. The SMILES string of the molecule is CCCCC(C)N1CCC(NCC)CC1C. The molecule has 1 aliphatic heterocycles. The minimum absolute atomic E-state index is 0.754. The summed E-state index contributed by atoms with van der Waals surface area (Å²) in [5.74, 6) is 0. The van der Waals surface area contributed by atoms with Crippen molar-refractivity contribution in [3.63, 3.8) is 0 Å². The topological polar surface area (TPSA) is 15.3 Å². The molecule has 0 saturated carbocycles. The van der Waals surface area contributed by atoms with Crippen molar-refractivity contribution in [1.82, 2.24) is 10.2 Å². The van der Waals surface area contributed by atoms with Crippen molar-refractivity contribution >= 4 is 0 Å². The molecular weight excluding hydrogens is 196 g/mol. The summed E-state index contributed by atoms with van der Waals surface area (Å²) in [5, 5.41) is 3.59. The Balaban J connectivity index is 2.34. The summed E-state index contributed by atoms with van der Waals surface area (Å²) in [6.07, 6.45) is 6.72. The van der Waals surface area contributed by atoms with Crippen molar-refractivity contribution in [3.05, 3.63) is 0 Å². The van der Waals surface area contributed by atoms with Gasteiger partial charge >= 0.3 is 0 Å². The number of piperidine rings is 1. The van der Waals surface area contributed by atoms with E-state index in [0.717, 1.165) is 24.7 Å². The average molecular weight is 226 g/mol. The van der Waals surface area contributed by atoms with Gasteiger partial charge in [0, 0.05) is 24.7 Å². The molecule has 1 rings (SSSR count). The first-order valence-corrected chi connectivity index (χ1v) is 7.18. The summed E-state index contributed by atoms with van der Waals surface area (Å²) < 4.78 is 0. The zero-order chi connectivity index (χ0) is 12.0. The second-order valence-electron chi connectivity index (χ2n) is 5.36. The van der Waals surface area contributed by atoms with Gasteiger partial charge < -0.3 is 5.32 Å². The second-order valence-corrected chi connectivity index (χ2v) is 5.36.